The first kappa shape index (κ1) is 19.8. The van der Waals surface area contributed by atoms with E-state index in [0.717, 1.165) is 68.5 Å². The van der Waals surface area contributed by atoms with Crippen LogP contribution in [-0.4, -0.2) is 61.2 Å². The predicted octanol–water partition coefficient (Wildman–Crippen LogP) is 2.90. The lowest BCUT2D eigenvalue weighted by Crippen LogP contribution is -2.38. The van der Waals surface area contributed by atoms with Crippen molar-refractivity contribution in [2.45, 2.75) is 27.2 Å². The van der Waals surface area contributed by atoms with Crippen molar-refractivity contribution < 1.29 is 9.53 Å². The quantitative estimate of drug-likeness (QED) is 0.574. The molecule has 1 aliphatic heterocycles. The summed E-state index contributed by atoms with van der Waals surface area (Å²) in [5.74, 6) is 0.160. The molecule has 0 amide bonds. The molecule has 1 aromatic heterocycles. The maximum atomic E-state index is 12.7. The topological polar surface area (TPSA) is 46.5 Å². The van der Waals surface area contributed by atoms with Gasteiger partial charge in [0, 0.05) is 35.7 Å². The van der Waals surface area contributed by atoms with E-state index in [1.54, 1.807) is 0 Å². The molecule has 2 heterocycles. The second-order valence-corrected chi connectivity index (χ2v) is 7.36. The summed E-state index contributed by atoms with van der Waals surface area (Å²) in [7, 11) is 0. The largest absolute Gasteiger partial charge is 0.379 e. The average Bonchev–Trinajstić information content (AvgIpc) is 2.97. The zero-order valence-electron chi connectivity index (χ0n) is 16.8. The molecule has 1 N–H and O–H groups in total. The molecule has 0 radical (unpaired) electrons. The van der Waals surface area contributed by atoms with E-state index in [0.29, 0.717) is 6.54 Å². The number of nitrogens with one attached hydrogen (secondary N) is 1. The maximum absolute atomic E-state index is 12.7. The van der Waals surface area contributed by atoms with E-state index in [4.69, 9.17) is 4.74 Å². The first-order valence-corrected chi connectivity index (χ1v) is 9.86. The van der Waals surface area contributed by atoms with Gasteiger partial charge in [0.1, 0.15) is 0 Å². The highest BCUT2D eigenvalue weighted by Crippen LogP contribution is 2.21. The summed E-state index contributed by atoms with van der Waals surface area (Å²) in [4.78, 5) is 15.1. The lowest BCUT2D eigenvalue weighted by atomic mass is 10.1. The molecule has 2 aromatic rings. The summed E-state index contributed by atoms with van der Waals surface area (Å²) in [5, 5.41) is 3.31. The summed E-state index contributed by atoms with van der Waals surface area (Å²) in [6.07, 6.45) is 1.05. The fourth-order valence-corrected chi connectivity index (χ4v) is 3.69. The van der Waals surface area contributed by atoms with Gasteiger partial charge in [0.2, 0.25) is 0 Å². The fourth-order valence-electron chi connectivity index (χ4n) is 3.69. The van der Waals surface area contributed by atoms with Gasteiger partial charge >= 0.3 is 0 Å². The summed E-state index contributed by atoms with van der Waals surface area (Å²) in [6, 6.07) is 10.4. The average molecular weight is 370 g/mol. The summed E-state index contributed by atoms with van der Waals surface area (Å²) < 4.78 is 7.52. The third-order valence-corrected chi connectivity index (χ3v) is 5.24. The summed E-state index contributed by atoms with van der Waals surface area (Å²) >= 11 is 0. The van der Waals surface area contributed by atoms with Crippen LogP contribution in [0.15, 0.2) is 30.3 Å². The van der Waals surface area contributed by atoms with Crippen LogP contribution in [0.1, 0.15) is 33.7 Å². The van der Waals surface area contributed by atoms with Crippen molar-refractivity contribution in [3.63, 3.8) is 0 Å². The second-order valence-electron chi connectivity index (χ2n) is 7.36. The lowest BCUT2D eigenvalue weighted by Gasteiger charge is -2.26. The van der Waals surface area contributed by atoms with Gasteiger partial charge in [-0.1, -0.05) is 17.7 Å². The molecule has 1 aliphatic rings. The van der Waals surface area contributed by atoms with E-state index in [9.17, 15) is 4.79 Å². The number of aromatic nitrogens is 1. The van der Waals surface area contributed by atoms with Crippen molar-refractivity contribution in [2.75, 3.05) is 45.9 Å². The van der Waals surface area contributed by atoms with Gasteiger partial charge in [-0.15, -0.1) is 0 Å². The number of nitrogens with zero attached hydrogens (tertiary/aromatic N) is 2. The van der Waals surface area contributed by atoms with Crippen LogP contribution >= 0.6 is 0 Å². The highest BCUT2D eigenvalue weighted by Gasteiger charge is 2.16. The zero-order chi connectivity index (χ0) is 19.2. The number of rotatable bonds is 8. The predicted molar refractivity (Wildman–Crippen MR) is 109 cm³/mol. The molecule has 0 aliphatic carbocycles. The molecule has 0 bridgehead atoms. The Morgan fingerprint density at radius 3 is 2.52 bits per heavy atom. The molecule has 5 heteroatoms. The standard InChI is InChI=1S/C22H31N3O2/c1-17-5-7-20(8-6-17)25-18(2)15-21(19(25)3)22(26)16-23-9-4-10-24-11-13-27-14-12-24/h5-8,15,23H,4,9-14,16H2,1-3H3. The molecule has 0 atom stereocenters. The molecule has 146 valence electrons. The van der Waals surface area contributed by atoms with Crippen LogP contribution in [0, 0.1) is 20.8 Å². The van der Waals surface area contributed by atoms with E-state index >= 15 is 0 Å². The molecule has 0 saturated carbocycles. The van der Waals surface area contributed by atoms with Gasteiger partial charge in [-0.2, -0.15) is 0 Å². The van der Waals surface area contributed by atoms with Gasteiger partial charge in [-0.05, 0) is 58.5 Å². The number of hydrogen-bond donors (Lipinski definition) is 1. The maximum Gasteiger partial charge on any atom is 0.178 e. The van der Waals surface area contributed by atoms with Crippen LogP contribution < -0.4 is 5.32 Å². The van der Waals surface area contributed by atoms with Gasteiger partial charge in [0.25, 0.3) is 0 Å². The van der Waals surface area contributed by atoms with Gasteiger partial charge in [0.05, 0.1) is 19.8 Å². The van der Waals surface area contributed by atoms with E-state index in [-0.39, 0.29) is 5.78 Å². The van der Waals surface area contributed by atoms with Crippen molar-refractivity contribution >= 4 is 5.78 Å². The fraction of sp³-hybridized carbons (Fsp3) is 0.500. The van der Waals surface area contributed by atoms with Crippen molar-refractivity contribution in [1.82, 2.24) is 14.8 Å². The molecule has 3 rings (SSSR count). The van der Waals surface area contributed by atoms with Crippen LogP contribution in [0.3, 0.4) is 0 Å². The SMILES string of the molecule is Cc1ccc(-n2c(C)cc(C(=O)CNCCCN3CCOCC3)c2C)cc1. The molecule has 0 unspecified atom stereocenters. The van der Waals surface area contributed by atoms with Crippen molar-refractivity contribution in [3.05, 3.63) is 52.8 Å². The zero-order valence-corrected chi connectivity index (χ0v) is 16.8. The lowest BCUT2D eigenvalue weighted by molar-refractivity contribution is 0.0375. The first-order chi connectivity index (χ1) is 13.1. The number of carbonyl (C=O) groups excluding carboxylic acids is 1. The minimum atomic E-state index is 0.160. The van der Waals surface area contributed by atoms with Crippen LogP contribution in [0.25, 0.3) is 5.69 Å². The second kappa shape index (κ2) is 9.31. The third kappa shape index (κ3) is 5.06. The van der Waals surface area contributed by atoms with E-state index in [2.05, 4.69) is 52.9 Å². The van der Waals surface area contributed by atoms with Crippen LogP contribution in [0.4, 0.5) is 0 Å². The smallest absolute Gasteiger partial charge is 0.178 e. The minimum Gasteiger partial charge on any atom is -0.379 e. The monoisotopic (exact) mass is 369 g/mol. The van der Waals surface area contributed by atoms with Gasteiger partial charge in [-0.25, -0.2) is 0 Å². The Balaban J connectivity index is 1.52. The number of ketones is 1. The number of hydrogen-bond acceptors (Lipinski definition) is 4. The molecular formula is C22H31N3O2. The van der Waals surface area contributed by atoms with Gasteiger partial charge in [0.15, 0.2) is 5.78 Å². The molecular weight excluding hydrogens is 338 g/mol. The Bertz CT molecular complexity index is 759. The number of carbonyl (C=O) groups is 1. The summed E-state index contributed by atoms with van der Waals surface area (Å²) in [5.41, 5.74) is 5.25. The van der Waals surface area contributed by atoms with Gasteiger partial charge < -0.3 is 14.6 Å². The third-order valence-electron chi connectivity index (χ3n) is 5.24. The van der Waals surface area contributed by atoms with E-state index < -0.39 is 0 Å². The Hall–Kier alpha value is -1.95. The van der Waals surface area contributed by atoms with E-state index in [1.807, 2.05) is 13.0 Å². The molecule has 1 saturated heterocycles. The molecule has 1 aromatic carbocycles. The highest BCUT2D eigenvalue weighted by atomic mass is 16.5. The number of Topliss-reactive ketones (excluding diaryl/α,β-unsaturated/α-hetero) is 1. The summed E-state index contributed by atoms with van der Waals surface area (Å²) in [6.45, 7) is 12.2. The van der Waals surface area contributed by atoms with Crippen molar-refractivity contribution in [2.24, 2.45) is 0 Å². The van der Waals surface area contributed by atoms with Crippen molar-refractivity contribution in [3.8, 4) is 5.69 Å². The van der Waals surface area contributed by atoms with Crippen molar-refractivity contribution in [1.29, 1.82) is 0 Å². The molecule has 0 spiro atoms. The van der Waals surface area contributed by atoms with Gasteiger partial charge in [-0.3, -0.25) is 9.69 Å². The molecule has 5 nitrogen and oxygen atoms in total. The Labute approximate surface area is 162 Å². The normalized spacial score (nSPS) is 15.2. The van der Waals surface area contributed by atoms with Crippen LogP contribution in [-0.2, 0) is 4.74 Å². The Morgan fingerprint density at radius 1 is 1.11 bits per heavy atom. The number of ether oxygens (including phenoxy) is 1. The minimum absolute atomic E-state index is 0.160. The number of aryl methyl sites for hydroxylation is 2. The first-order valence-electron chi connectivity index (χ1n) is 9.86. The Kier molecular flexibility index (Phi) is 6.83. The highest BCUT2D eigenvalue weighted by molar-refractivity contribution is 5.99. The Morgan fingerprint density at radius 2 is 1.81 bits per heavy atom. The van der Waals surface area contributed by atoms with Crippen LogP contribution in [0.2, 0.25) is 0 Å². The molecule has 1 fully saturated rings. The number of morpholine rings is 1. The molecule has 27 heavy (non-hydrogen) atoms. The number of benzene rings is 1. The van der Waals surface area contributed by atoms with Crippen LogP contribution in [0.5, 0.6) is 0 Å². The van der Waals surface area contributed by atoms with E-state index in [1.165, 1.54) is 5.56 Å².